The zero-order valence-electron chi connectivity index (χ0n) is 14.3. The van der Waals surface area contributed by atoms with Crippen LogP contribution in [0.15, 0.2) is 47.1 Å². The molecule has 0 radical (unpaired) electrons. The van der Waals surface area contributed by atoms with Gasteiger partial charge in [0.1, 0.15) is 11.5 Å². The summed E-state index contributed by atoms with van der Waals surface area (Å²) in [5.41, 5.74) is 0.628. The summed E-state index contributed by atoms with van der Waals surface area (Å²) in [4.78, 5) is 24.5. The van der Waals surface area contributed by atoms with Gasteiger partial charge in [0.05, 0.1) is 36.4 Å². The van der Waals surface area contributed by atoms with Crippen LogP contribution in [0, 0.1) is 11.8 Å². The highest BCUT2D eigenvalue weighted by Gasteiger charge is 2.48. The van der Waals surface area contributed by atoms with Crippen molar-refractivity contribution in [2.45, 2.75) is 32.9 Å². The highest BCUT2D eigenvalue weighted by Crippen LogP contribution is 2.40. The summed E-state index contributed by atoms with van der Waals surface area (Å²) in [5.74, 6) is 0.457. The molecule has 25 heavy (non-hydrogen) atoms. The molecule has 0 bridgehead atoms. The van der Waals surface area contributed by atoms with E-state index in [1.807, 2.05) is 32.0 Å². The van der Waals surface area contributed by atoms with Gasteiger partial charge < -0.3 is 19.8 Å². The third-order valence-corrected chi connectivity index (χ3v) is 3.99. The first-order chi connectivity index (χ1) is 12.0. The lowest BCUT2D eigenvalue weighted by Gasteiger charge is -2.14. The second-order valence-electron chi connectivity index (χ2n) is 6.40. The van der Waals surface area contributed by atoms with Crippen molar-refractivity contribution < 1.29 is 18.7 Å². The fourth-order valence-electron chi connectivity index (χ4n) is 2.65. The summed E-state index contributed by atoms with van der Waals surface area (Å²) in [6.45, 7) is 4.19. The van der Waals surface area contributed by atoms with Crippen LogP contribution in [0.4, 0.5) is 5.69 Å². The molecule has 1 saturated carbocycles. The second-order valence-corrected chi connectivity index (χ2v) is 6.40. The SMILES string of the molecule is CC(C)Oc1ccccc1NC(=O)C1CC1C(=O)NCc1ccco1. The number of hydrogen-bond donors (Lipinski definition) is 2. The van der Waals surface area contributed by atoms with Gasteiger partial charge in [-0.05, 0) is 44.5 Å². The molecule has 1 aromatic heterocycles. The predicted octanol–water partition coefficient (Wildman–Crippen LogP) is 2.96. The molecular formula is C19H22N2O4. The Morgan fingerprint density at radius 2 is 1.92 bits per heavy atom. The molecule has 2 unspecified atom stereocenters. The Bertz CT molecular complexity index is 740. The minimum Gasteiger partial charge on any atom is -0.489 e. The molecule has 2 atom stereocenters. The van der Waals surface area contributed by atoms with E-state index in [9.17, 15) is 9.59 Å². The van der Waals surface area contributed by atoms with Crippen molar-refractivity contribution in [1.29, 1.82) is 0 Å². The van der Waals surface area contributed by atoms with Crippen molar-refractivity contribution >= 4 is 17.5 Å². The van der Waals surface area contributed by atoms with Crippen LogP contribution in [0.3, 0.4) is 0 Å². The number of carbonyl (C=O) groups is 2. The maximum atomic E-state index is 12.4. The molecule has 1 fully saturated rings. The highest BCUT2D eigenvalue weighted by molar-refractivity contribution is 6.00. The molecule has 6 heteroatoms. The van der Waals surface area contributed by atoms with Gasteiger partial charge in [0.15, 0.2) is 0 Å². The largest absolute Gasteiger partial charge is 0.489 e. The van der Waals surface area contributed by atoms with Crippen molar-refractivity contribution in [2.24, 2.45) is 11.8 Å². The molecule has 1 aliphatic carbocycles. The van der Waals surface area contributed by atoms with E-state index in [1.54, 1.807) is 24.5 Å². The Balaban J connectivity index is 1.52. The zero-order chi connectivity index (χ0) is 17.8. The van der Waals surface area contributed by atoms with Crippen LogP contribution in [0.1, 0.15) is 26.0 Å². The summed E-state index contributed by atoms with van der Waals surface area (Å²) >= 11 is 0. The van der Waals surface area contributed by atoms with Gasteiger partial charge >= 0.3 is 0 Å². The molecule has 1 aromatic carbocycles. The molecule has 1 aliphatic rings. The van der Waals surface area contributed by atoms with Gasteiger partial charge in [-0.3, -0.25) is 9.59 Å². The number of ether oxygens (including phenoxy) is 1. The molecule has 0 spiro atoms. The molecule has 6 nitrogen and oxygen atoms in total. The molecule has 0 aliphatic heterocycles. The number of rotatable bonds is 7. The topological polar surface area (TPSA) is 80.6 Å². The number of anilines is 1. The smallest absolute Gasteiger partial charge is 0.228 e. The van der Waals surface area contributed by atoms with Gasteiger partial charge in [0.25, 0.3) is 0 Å². The summed E-state index contributed by atoms with van der Waals surface area (Å²) < 4.78 is 10.9. The summed E-state index contributed by atoms with van der Waals surface area (Å²) in [6, 6.07) is 10.9. The van der Waals surface area contributed by atoms with E-state index in [-0.39, 0.29) is 29.8 Å². The first kappa shape index (κ1) is 17.1. The molecule has 1 heterocycles. The Kier molecular flexibility index (Phi) is 5.07. The number of hydrogen-bond acceptors (Lipinski definition) is 4. The zero-order valence-corrected chi connectivity index (χ0v) is 14.3. The average molecular weight is 342 g/mol. The number of amides is 2. The summed E-state index contributed by atoms with van der Waals surface area (Å²) in [5, 5.41) is 5.67. The van der Waals surface area contributed by atoms with Crippen LogP contribution in [0.2, 0.25) is 0 Å². The minimum absolute atomic E-state index is 0.0131. The number of nitrogens with one attached hydrogen (secondary N) is 2. The number of benzene rings is 1. The Morgan fingerprint density at radius 3 is 2.64 bits per heavy atom. The lowest BCUT2D eigenvalue weighted by Crippen LogP contribution is -2.27. The molecule has 2 aromatic rings. The average Bonchev–Trinajstić information content (AvgIpc) is 3.22. The van der Waals surface area contributed by atoms with Crippen molar-refractivity contribution in [1.82, 2.24) is 5.32 Å². The fraction of sp³-hybridized carbons (Fsp3) is 0.368. The van der Waals surface area contributed by atoms with Crippen LogP contribution < -0.4 is 15.4 Å². The highest BCUT2D eigenvalue weighted by atomic mass is 16.5. The van der Waals surface area contributed by atoms with Gasteiger partial charge in [-0.15, -0.1) is 0 Å². The lowest BCUT2D eigenvalue weighted by molar-refractivity contribution is -0.125. The molecule has 132 valence electrons. The standard InChI is InChI=1S/C19H22N2O4/c1-12(2)25-17-8-4-3-7-16(17)21-19(23)15-10-14(15)18(22)20-11-13-6-5-9-24-13/h3-9,12,14-15H,10-11H2,1-2H3,(H,20,22)(H,21,23). The number of para-hydroxylation sites is 2. The van der Waals surface area contributed by atoms with Gasteiger partial charge in [0, 0.05) is 0 Å². The van der Waals surface area contributed by atoms with Crippen molar-refractivity contribution in [3.8, 4) is 5.75 Å². The van der Waals surface area contributed by atoms with E-state index in [1.165, 1.54) is 0 Å². The van der Waals surface area contributed by atoms with Gasteiger partial charge in [0.2, 0.25) is 11.8 Å². The first-order valence-corrected chi connectivity index (χ1v) is 8.41. The fourth-order valence-corrected chi connectivity index (χ4v) is 2.65. The molecule has 2 N–H and O–H groups in total. The molecule has 3 rings (SSSR count). The molecule has 0 saturated heterocycles. The van der Waals surface area contributed by atoms with E-state index < -0.39 is 0 Å². The monoisotopic (exact) mass is 342 g/mol. The Morgan fingerprint density at radius 1 is 1.16 bits per heavy atom. The summed E-state index contributed by atoms with van der Waals surface area (Å²) in [6.07, 6.45) is 2.13. The maximum absolute atomic E-state index is 12.4. The molecule has 2 amide bonds. The third-order valence-electron chi connectivity index (χ3n) is 3.99. The van der Waals surface area contributed by atoms with Crippen molar-refractivity contribution in [2.75, 3.05) is 5.32 Å². The van der Waals surface area contributed by atoms with E-state index in [0.717, 1.165) is 0 Å². The first-order valence-electron chi connectivity index (χ1n) is 8.41. The van der Waals surface area contributed by atoms with E-state index in [0.29, 0.717) is 30.2 Å². The lowest BCUT2D eigenvalue weighted by atomic mass is 10.2. The second kappa shape index (κ2) is 7.42. The Hall–Kier alpha value is -2.76. The molecular weight excluding hydrogens is 320 g/mol. The van der Waals surface area contributed by atoms with Crippen LogP contribution >= 0.6 is 0 Å². The summed E-state index contributed by atoms with van der Waals surface area (Å²) in [7, 11) is 0. The number of carbonyl (C=O) groups excluding carboxylic acids is 2. The third kappa shape index (κ3) is 4.41. The van der Waals surface area contributed by atoms with Crippen LogP contribution in [0.5, 0.6) is 5.75 Å². The maximum Gasteiger partial charge on any atom is 0.228 e. The van der Waals surface area contributed by atoms with E-state index in [4.69, 9.17) is 9.15 Å². The van der Waals surface area contributed by atoms with Crippen molar-refractivity contribution in [3.05, 3.63) is 48.4 Å². The van der Waals surface area contributed by atoms with Crippen LogP contribution in [-0.2, 0) is 16.1 Å². The van der Waals surface area contributed by atoms with Gasteiger partial charge in [-0.2, -0.15) is 0 Å². The predicted molar refractivity (Wildman–Crippen MR) is 93.0 cm³/mol. The normalized spacial score (nSPS) is 18.7. The Labute approximate surface area is 146 Å². The number of furan rings is 1. The minimum atomic E-state index is -0.302. The van der Waals surface area contributed by atoms with Crippen LogP contribution in [-0.4, -0.2) is 17.9 Å². The van der Waals surface area contributed by atoms with Crippen LogP contribution in [0.25, 0.3) is 0 Å². The van der Waals surface area contributed by atoms with Gasteiger partial charge in [-0.1, -0.05) is 12.1 Å². The van der Waals surface area contributed by atoms with E-state index >= 15 is 0 Å². The quantitative estimate of drug-likeness (QED) is 0.811. The van der Waals surface area contributed by atoms with Gasteiger partial charge in [-0.25, -0.2) is 0 Å². The van der Waals surface area contributed by atoms with E-state index in [2.05, 4.69) is 10.6 Å². The van der Waals surface area contributed by atoms with Crippen molar-refractivity contribution in [3.63, 3.8) is 0 Å².